The molecule has 1 saturated heterocycles. The number of hydrogen-bond donors (Lipinski definition) is 1. The molecule has 1 aromatic carbocycles. The first-order chi connectivity index (χ1) is 15.4. The van der Waals surface area contributed by atoms with Gasteiger partial charge in [-0.1, -0.05) is 31.0 Å². The van der Waals surface area contributed by atoms with Crippen molar-refractivity contribution in [2.75, 3.05) is 38.0 Å². The molecule has 0 radical (unpaired) electrons. The summed E-state index contributed by atoms with van der Waals surface area (Å²) in [6, 6.07) is 5.80. The molecule has 1 N–H and O–H groups in total. The van der Waals surface area contributed by atoms with Crippen LogP contribution in [0.1, 0.15) is 31.0 Å². The van der Waals surface area contributed by atoms with Gasteiger partial charge < -0.3 is 10.2 Å². The van der Waals surface area contributed by atoms with Gasteiger partial charge in [0, 0.05) is 50.1 Å². The fourth-order valence-electron chi connectivity index (χ4n) is 3.57. The standard InChI is InChI=1S/C23H29ClFN5O2/c1-3-4-10-30-23(24)20(17(2)27-30)8-9-22(32)29-13-11-28(12-14-29)16-21(31)26-19-7-5-6-18(25)15-19/h5-9,15H,3-4,10-14,16H2,1-2H3,(H,26,31). The van der Waals surface area contributed by atoms with Crippen molar-refractivity contribution < 1.29 is 14.0 Å². The zero-order valence-electron chi connectivity index (χ0n) is 18.5. The van der Waals surface area contributed by atoms with Gasteiger partial charge in [-0.2, -0.15) is 5.10 Å². The number of carbonyl (C=O) groups is 2. The number of piperazine rings is 1. The topological polar surface area (TPSA) is 70.5 Å². The molecule has 1 fully saturated rings. The maximum absolute atomic E-state index is 13.2. The maximum atomic E-state index is 13.2. The lowest BCUT2D eigenvalue weighted by Gasteiger charge is -2.33. The fraction of sp³-hybridized carbons (Fsp3) is 0.435. The van der Waals surface area contributed by atoms with Crippen LogP contribution in [0.15, 0.2) is 30.3 Å². The van der Waals surface area contributed by atoms with Crippen molar-refractivity contribution in [3.63, 3.8) is 0 Å². The monoisotopic (exact) mass is 461 g/mol. The summed E-state index contributed by atoms with van der Waals surface area (Å²) in [6.45, 7) is 7.17. The quantitative estimate of drug-likeness (QED) is 0.610. The normalized spacial score (nSPS) is 14.8. The largest absolute Gasteiger partial charge is 0.337 e. The Morgan fingerprint density at radius 3 is 2.69 bits per heavy atom. The Balaban J connectivity index is 1.48. The van der Waals surface area contributed by atoms with E-state index in [2.05, 4.69) is 17.3 Å². The van der Waals surface area contributed by atoms with Gasteiger partial charge in [0.25, 0.3) is 0 Å². The highest BCUT2D eigenvalue weighted by atomic mass is 35.5. The number of halogens is 2. The Kier molecular flexibility index (Phi) is 8.41. The van der Waals surface area contributed by atoms with Gasteiger partial charge in [-0.25, -0.2) is 4.39 Å². The van der Waals surface area contributed by atoms with Crippen LogP contribution in [0.25, 0.3) is 6.08 Å². The molecular weight excluding hydrogens is 433 g/mol. The molecule has 3 rings (SSSR count). The number of nitrogens with zero attached hydrogens (tertiary/aromatic N) is 4. The molecule has 2 aromatic rings. The van der Waals surface area contributed by atoms with Gasteiger partial charge in [-0.3, -0.25) is 19.2 Å². The highest BCUT2D eigenvalue weighted by Crippen LogP contribution is 2.22. The minimum atomic E-state index is -0.396. The Morgan fingerprint density at radius 2 is 2.00 bits per heavy atom. The van der Waals surface area contributed by atoms with E-state index in [0.29, 0.717) is 37.0 Å². The van der Waals surface area contributed by atoms with Crippen molar-refractivity contribution in [2.24, 2.45) is 0 Å². The zero-order chi connectivity index (χ0) is 23.1. The molecule has 0 atom stereocenters. The first-order valence-electron chi connectivity index (χ1n) is 10.8. The molecule has 1 aliphatic heterocycles. The number of carbonyl (C=O) groups excluding carboxylic acids is 2. The van der Waals surface area contributed by atoms with Crippen LogP contribution in [0.5, 0.6) is 0 Å². The smallest absolute Gasteiger partial charge is 0.246 e. The number of benzene rings is 1. The number of aromatic nitrogens is 2. The summed E-state index contributed by atoms with van der Waals surface area (Å²) in [6.07, 6.45) is 5.31. The summed E-state index contributed by atoms with van der Waals surface area (Å²) in [4.78, 5) is 28.5. The number of hydrogen-bond acceptors (Lipinski definition) is 4. The van der Waals surface area contributed by atoms with Gasteiger partial charge in [0.15, 0.2) is 0 Å². The van der Waals surface area contributed by atoms with Crippen molar-refractivity contribution in [1.29, 1.82) is 0 Å². The Bertz CT molecular complexity index is 983. The highest BCUT2D eigenvalue weighted by molar-refractivity contribution is 6.31. The molecule has 0 spiro atoms. The van der Waals surface area contributed by atoms with Gasteiger partial charge in [0.1, 0.15) is 11.0 Å². The van der Waals surface area contributed by atoms with E-state index >= 15 is 0 Å². The Hall–Kier alpha value is -2.71. The average molecular weight is 462 g/mol. The summed E-state index contributed by atoms with van der Waals surface area (Å²) in [5, 5.41) is 7.70. The van der Waals surface area contributed by atoms with E-state index in [4.69, 9.17) is 11.6 Å². The average Bonchev–Trinajstić information content (AvgIpc) is 3.03. The molecule has 0 aliphatic carbocycles. The number of nitrogens with one attached hydrogen (secondary N) is 1. The predicted molar refractivity (Wildman–Crippen MR) is 124 cm³/mol. The Morgan fingerprint density at radius 1 is 1.25 bits per heavy atom. The van der Waals surface area contributed by atoms with E-state index in [1.807, 2.05) is 11.8 Å². The van der Waals surface area contributed by atoms with E-state index in [0.717, 1.165) is 30.6 Å². The Labute approximate surface area is 192 Å². The molecular formula is C23H29ClFN5O2. The molecule has 2 amide bonds. The molecule has 0 bridgehead atoms. The SMILES string of the molecule is CCCCn1nc(C)c(C=CC(=O)N2CCN(CC(=O)Nc3cccc(F)c3)CC2)c1Cl. The second kappa shape index (κ2) is 11.2. The molecule has 0 saturated carbocycles. The summed E-state index contributed by atoms with van der Waals surface area (Å²) in [5.41, 5.74) is 1.99. The molecule has 172 valence electrons. The minimum Gasteiger partial charge on any atom is -0.337 e. The highest BCUT2D eigenvalue weighted by Gasteiger charge is 2.21. The maximum Gasteiger partial charge on any atom is 0.246 e. The van der Waals surface area contributed by atoms with Crippen LogP contribution in [-0.2, 0) is 16.1 Å². The van der Waals surface area contributed by atoms with Gasteiger partial charge in [0.2, 0.25) is 11.8 Å². The molecule has 32 heavy (non-hydrogen) atoms. The lowest BCUT2D eigenvalue weighted by Crippen LogP contribution is -2.50. The van der Waals surface area contributed by atoms with E-state index < -0.39 is 5.82 Å². The molecule has 9 heteroatoms. The third-order valence-corrected chi connectivity index (χ3v) is 5.78. The van der Waals surface area contributed by atoms with Crippen LogP contribution >= 0.6 is 11.6 Å². The molecule has 2 heterocycles. The van der Waals surface area contributed by atoms with Crippen LogP contribution in [0.2, 0.25) is 5.15 Å². The van der Waals surface area contributed by atoms with Gasteiger partial charge >= 0.3 is 0 Å². The van der Waals surface area contributed by atoms with E-state index in [1.165, 1.54) is 18.2 Å². The number of unbranched alkanes of at least 4 members (excludes halogenated alkanes) is 1. The van der Waals surface area contributed by atoms with Gasteiger partial charge in [-0.05, 0) is 37.6 Å². The van der Waals surface area contributed by atoms with Crippen LogP contribution < -0.4 is 5.32 Å². The van der Waals surface area contributed by atoms with Crippen LogP contribution in [0.3, 0.4) is 0 Å². The van der Waals surface area contributed by atoms with E-state index in [9.17, 15) is 14.0 Å². The van der Waals surface area contributed by atoms with Gasteiger partial charge in [0.05, 0.1) is 12.2 Å². The van der Waals surface area contributed by atoms with Crippen LogP contribution in [0, 0.1) is 12.7 Å². The van der Waals surface area contributed by atoms with Crippen molar-refractivity contribution >= 4 is 35.2 Å². The third kappa shape index (κ3) is 6.40. The lowest BCUT2D eigenvalue weighted by molar-refractivity contribution is -0.127. The zero-order valence-corrected chi connectivity index (χ0v) is 19.2. The summed E-state index contributed by atoms with van der Waals surface area (Å²) in [7, 11) is 0. The van der Waals surface area contributed by atoms with Crippen molar-refractivity contribution in [1.82, 2.24) is 19.6 Å². The molecule has 1 aliphatic rings. The second-order valence-corrected chi connectivity index (χ2v) is 8.22. The molecule has 0 unspecified atom stereocenters. The molecule has 7 nitrogen and oxygen atoms in total. The van der Waals surface area contributed by atoms with Gasteiger partial charge in [-0.15, -0.1) is 0 Å². The first kappa shape index (κ1) is 23.9. The van der Waals surface area contributed by atoms with E-state index in [-0.39, 0.29) is 18.4 Å². The number of aryl methyl sites for hydroxylation is 2. The number of anilines is 1. The molecule has 1 aromatic heterocycles. The first-order valence-corrected chi connectivity index (χ1v) is 11.2. The number of amides is 2. The second-order valence-electron chi connectivity index (χ2n) is 7.86. The van der Waals surface area contributed by atoms with Crippen LogP contribution in [-0.4, -0.2) is 64.1 Å². The third-order valence-electron chi connectivity index (χ3n) is 5.38. The van der Waals surface area contributed by atoms with Crippen molar-refractivity contribution in [3.8, 4) is 0 Å². The number of rotatable bonds is 8. The van der Waals surface area contributed by atoms with Crippen molar-refractivity contribution in [2.45, 2.75) is 33.2 Å². The van der Waals surface area contributed by atoms with Crippen molar-refractivity contribution in [3.05, 3.63) is 52.6 Å². The summed E-state index contributed by atoms with van der Waals surface area (Å²) >= 11 is 6.43. The van der Waals surface area contributed by atoms with Crippen LogP contribution in [0.4, 0.5) is 10.1 Å². The predicted octanol–water partition coefficient (Wildman–Crippen LogP) is 3.58. The fourth-order valence-corrected chi connectivity index (χ4v) is 3.89. The minimum absolute atomic E-state index is 0.0920. The van der Waals surface area contributed by atoms with E-state index in [1.54, 1.807) is 27.8 Å². The summed E-state index contributed by atoms with van der Waals surface area (Å²) < 4.78 is 15.0. The summed E-state index contributed by atoms with van der Waals surface area (Å²) in [5.74, 6) is -0.695. The lowest BCUT2D eigenvalue weighted by atomic mass is 10.2.